The van der Waals surface area contributed by atoms with Gasteiger partial charge < -0.3 is 15.7 Å². The van der Waals surface area contributed by atoms with Gasteiger partial charge in [0.15, 0.2) is 0 Å². The molecule has 0 atom stereocenters. The van der Waals surface area contributed by atoms with E-state index < -0.39 is 23.4 Å². The molecule has 4 amide bonds. The molecule has 22 heavy (non-hydrogen) atoms. The van der Waals surface area contributed by atoms with Crippen LogP contribution in [0, 0.1) is 0 Å². The minimum atomic E-state index is -0.924. The molecule has 1 aliphatic heterocycles. The molecule has 7 heteroatoms. The average molecular weight is 305 g/mol. The summed E-state index contributed by atoms with van der Waals surface area (Å²) in [4.78, 5) is 37.2. The van der Waals surface area contributed by atoms with Crippen LogP contribution in [0.5, 0.6) is 5.75 Å². The average Bonchev–Trinajstić information content (AvgIpc) is 2.74. The molecule has 1 aromatic carbocycles. The molecule has 0 radical (unpaired) electrons. The number of anilines is 1. The van der Waals surface area contributed by atoms with Gasteiger partial charge in [-0.15, -0.1) is 0 Å². The van der Waals surface area contributed by atoms with E-state index in [0.29, 0.717) is 12.8 Å². The number of phenolic OH excluding ortho intramolecular Hbond substituents is 1. The lowest BCUT2D eigenvalue weighted by Gasteiger charge is -2.23. The SMILES string of the molecule is CCC1(CC)NC(=O)N(CC(=O)Nc2ccccc2O)C1=O. The Morgan fingerprint density at radius 2 is 1.91 bits per heavy atom. The molecular formula is C15H19N3O4. The summed E-state index contributed by atoms with van der Waals surface area (Å²) in [7, 11) is 0. The zero-order valence-electron chi connectivity index (χ0n) is 12.5. The van der Waals surface area contributed by atoms with Gasteiger partial charge in [0.2, 0.25) is 5.91 Å². The number of hydrogen-bond acceptors (Lipinski definition) is 4. The third-order valence-corrected chi connectivity index (χ3v) is 3.93. The predicted molar refractivity (Wildman–Crippen MR) is 80.3 cm³/mol. The smallest absolute Gasteiger partial charge is 0.325 e. The van der Waals surface area contributed by atoms with Crippen LogP contribution < -0.4 is 10.6 Å². The van der Waals surface area contributed by atoms with Gasteiger partial charge in [0.1, 0.15) is 17.8 Å². The highest BCUT2D eigenvalue weighted by molar-refractivity contribution is 6.10. The molecule has 0 unspecified atom stereocenters. The maximum Gasteiger partial charge on any atom is 0.325 e. The molecule has 0 saturated carbocycles. The Morgan fingerprint density at radius 1 is 1.27 bits per heavy atom. The van der Waals surface area contributed by atoms with Gasteiger partial charge in [-0.1, -0.05) is 26.0 Å². The van der Waals surface area contributed by atoms with E-state index in [-0.39, 0.29) is 18.0 Å². The molecule has 1 heterocycles. The fraction of sp³-hybridized carbons (Fsp3) is 0.400. The summed E-state index contributed by atoms with van der Waals surface area (Å²) in [5, 5.41) is 14.7. The Kier molecular flexibility index (Phi) is 4.35. The number of nitrogens with zero attached hydrogens (tertiary/aromatic N) is 1. The maximum atomic E-state index is 12.4. The van der Waals surface area contributed by atoms with Crippen LogP contribution in [0.3, 0.4) is 0 Å². The zero-order chi connectivity index (χ0) is 16.3. The largest absolute Gasteiger partial charge is 0.506 e. The lowest BCUT2D eigenvalue weighted by molar-refractivity contribution is -0.134. The van der Waals surface area contributed by atoms with Gasteiger partial charge in [-0.25, -0.2) is 4.79 Å². The van der Waals surface area contributed by atoms with Crippen molar-refractivity contribution in [2.45, 2.75) is 32.2 Å². The number of carbonyl (C=O) groups is 3. The fourth-order valence-corrected chi connectivity index (χ4v) is 2.46. The number of aromatic hydroxyl groups is 1. The molecule has 7 nitrogen and oxygen atoms in total. The molecule has 1 fully saturated rings. The number of amides is 4. The minimum Gasteiger partial charge on any atom is -0.506 e. The fourth-order valence-electron chi connectivity index (χ4n) is 2.46. The summed E-state index contributed by atoms with van der Waals surface area (Å²) in [5.74, 6) is -1.02. The van der Waals surface area contributed by atoms with E-state index >= 15 is 0 Å². The van der Waals surface area contributed by atoms with Crippen molar-refractivity contribution in [1.82, 2.24) is 10.2 Å². The molecule has 1 saturated heterocycles. The van der Waals surface area contributed by atoms with Crippen LogP contribution >= 0.6 is 0 Å². The number of hydrogen-bond donors (Lipinski definition) is 3. The highest BCUT2D eigenvalue weighted by Gasteiger charge is 2.49. The molecule has 1 aromatic rings. The van der Waals surface area contributed by atoms with Crippen molar-refractivity contribution in [2.75, 3.05) is 11.9 Å². The zero-order valence-corrected chi connectivity index (χ0v) is 12.5. The van der Waals surface area contributed by atoms with Crippen LogP contribution in [0.2, 0.25) is 0 Å². The molecule has 0 bridgehead atoms. The second kappa shape index (κ2) is 6.05. The first-order valence-corrected chi connectivity index (χ1v) is 7.15. The second-order valence-corrected chi connectivity index (χ2v) is 5.18. The van der Waals surface area contributed by atoms with Crippen molar-refractivity contribution in [2.24, 2.45) is 0 Å². The summed E-state index contributed by atoms with van der Waals surface area (Å²) >= 11 is 0. The molecule has 0 spiro atoms. The van der Waals surface area contributed by atoms with Gasteiger partial charge in [-0.2, -0.15) is 0 Å². The first kappa shape index (κ1) is 15.8. The van der Waals surface area contributed by atoms with Crippen molar-refractivity contribution < 1.29 is 19.5 Å². The van der Waals surface area contributed by atoms with Crippen molar-refractivity contribution in [3.05, 3.63) is 24.3 Å². The number of benzene rings is 1. The Bertz CT molecular complexity index is 611. The molecule has 0 aliphatic carbocycles. The number of para-hydroxylation sites is 2. The van der Waals surface area contributed by atoms with Crippen LogP contribution in [0.1, 0.15) is 26.7 Å². The molecule has 0 aromatic heterocycles. The van der Waals surface area contributed by atoms with Gasteiger partial charge >= 0.3 is 6.03 Å². The van der Waals surface area contributed by atoms with Crippen molar-refractivity contribution in [3.63, 3.8) is 0 Å². The van der Waals surface area contributed by atoms with E-state index in [1.54, 1.807) is 12.1 Å². The van der Waals surface area contributed by atoms with E-state index in [9.17, 15) is 19.5 Å². The minimum absolute atomic E-state index is 0.0792. The Labute approximate surface area is 128 Å². The standard InChI is InChI=1S/C15H19N3O4/c1-3-15(4-2)13(21)18(14(22)17-15)9-12(20)16-10-7-5-6-8-11(10)19/h5-8,19H,3-4,9H2,1-2H3,(H,16,20)(H,17,22). The highest BCUT2D eigenvalue weighted by Crippen LogP contribution is 2.25. The summed E-state index contributed by atoms with van der Waals surface area (Å²) in [6.45, 7) is 3.24. The van der Waals surface area contributed by atoms with Gasteiger partial charge in [0.25, 0.3) is 5.91 Å². The van der Waals surface area contributed by atoms with Crippen LogP contribution in [-0.4, -0.2) is 39.9 Å². The lowest BCUT2D eigenvalue weighted by Crippen LogP contribution is -2.46. The number of phenols is 1. The van der Waals surface area contributed by atoms with Crippen LogP contribution in [-0.2, 0) is 9.59 Å². The van der Waals surface area contributed by atoms with E-state index in [1.807, 2.05) is 13.8 Å². The molecule has 2 rings (SSSR count). The highest BCUT2D eigenvalue weighted by atomic mass is 16.3. The first-order valence-electron chi connectivity index (χ1n) is 7.15. The van der Waals surface area contributed by atoms with Crippen LogP contribution in [0.15, 0.2) is 24.3 Å². The number of carbonyl (C=O) groups excluding carboxylic acids is 3. The van der Waals surface area contributed by atoms with E-state index in [0.717, 1.165) is 4.90 Å². The van der Waals surface area contributed by atoms with Crippen LogP contribution in [0.25, 0.3) is 0 Å². The van der Waals surface area contributed by atoms with Gasteiger partial charge in [0, 0.05) is 0 Å². The van der Waals surface area contributed by atoms with Crippen LogP contribution in [0.4, 0.5) is 10.5 Å². The second-order valence-electron chi connectivity index (χ2n) is 5.18. The Balaban J connectivity index is 2.08. The molecule has 118 valence electrons. The normalized spacial score (nSPS) is 16.5. The summed E-state index contributed by atoms with van der Waals surface area (Å²) in [6.07, 6.45) is 0.928. The lowest BCUT2D eigenvalue weighted by atomic mass is 9.93. The summed E-state index contributed by atoms with van der Waals surface area (Å²) in [5.41, 5.74) is -0.691. The quantitative estimate of drug-likeness (QED) is 0.566. The van der Waals surface area contributed by atoms with Crippen molar-refractivity contribution >= 4 is 23.5 Å². The van der Waals surface area contributed by atoms with E-state index in [1.165, 1.54) is 12.1 Å². The topological polar surface area (TPSA) is 98.7 Å². The molecular weight excluding hydrogens is 286 g/mol. The van der Waals surface area contributed by atoms with E-state index in [4.69, 9.17) is 0 Å². The van der Waals surface area contributed by atoms with E-state index in [2.05, 4.69) is 10.6 Å². The molecule has 3 N–H and O–H groups in total. The number of rotatable bonds is 5. The summed E-state index contributed by atoms with van der Waals surface area (Å²) in [6, 6.07) is 5.67. The first-order chi connectivity index (χ1) is 10.4. The van der Waals surface area contributed by atoms with Crippen molar-refractivity contribution in [3.8, 4) is 5.75 Å². The van der Waals surface area contributed by atoms with Gasteiger partial charge in [0.05, 0.1) is 5.69 Å². The van der Waals surface area contributed by atoms with Gasteiger partial charge in [-0.05, 0) is 25.0 Å². The van der Waals surface area contributed by atoms with Crippen molar-refractivity contribution in [1.29, 1.82) is 0 Å². The summed E-state index contributed by atoms with van der Waals surface area (Å²) < 4.78 is 0. The Hall–Kier alpha value is -2.57. The maximum absolute atomic E-state index is 12.4. The third kappa shape index (κ3) is 2.74. The van der Waals surface area contributed by atoms with Gasteiger partial charge in [-0.3, -0.25) is 14.5 Å². The monoisotopic (exact) mass is 305 g/mol. The predicted octanol–water partition coefficient (Wildman–Crippen LogP) is 1.44. The number of nitrogens with one attached hydrogen (secondary N) is 2. The molecule has 1 aliphatic rings. The number of imide groups is 1. The Morgan fingerprint density at radius 3 is 2.45 bits per heavy atom. The number of urea groups is 1. The third-order valence-electron chi connectivity index (χ3n) is 3.93.